The number of likely N-dealkylation sites (N-methyl/N-ethyl adjacent to an activating group) is 1. The van der Waals surface area contributed by atoms with E-state index in [-0.39, 0.29) is 18.4 Å². The molecule has 0 fully saturated rings. The molecule has 0 radical (unpaired) electrons. The Hall–Kier alpha value is -3.35. The van der Waals surface area contributed by atoms with Crippen molar-refractivity contribution < 1.29 is 19.1 Å². The molecule has 2 aromatic rings. The van der Waals surface area contributed by atoms with Crippen LogP contribution in [0.5, 0.6) is 11.5 Å². The molecule has 0 saturated carbocycles. The van der Waals surface area contributed by atoms with Crippen molar-refractivity contribution in [2.24, 2.45) is 0 Å². The fourth-order valence-electron chi connectivity index (χ4n) is 2.51. The number of amides is 2. The van der Waals surface area contributed by atoms with Gasteiger partial charge in [-0.05, 0) is 35.4 Å². The Bertz CT molecular complexity index is 836. The van der Waals surface area contributed by atoms with Crippen LogP contribution in [0, 0.1) is 0 Å². The van der Waals surface area contributed by atoms with Gasteiger partial charge in [0.2, 0.25) is 11.8 Å². The van der Waals surface area contributed by atoms with Gasteiger partial charge in [-0.3, -0.25) is 14.6 Å². The number of aromatic nitrogens is 1. The summed E-state index contributed by atoms with van der Waals surface area (Å²) in [6, 6.07) is 9.16. The summed E-state index contributed by atoms with van der Waals surface area (Å²) in [7, 11) is 1.58. The maximum atomic E-state index is 12.2. The van der Waals surface area contributed by atoms with Gasteiger partial charge in [0.15, 0.2) is 11.5 Å². The number of hydrogen-bond acceptors (Lipinski definition) is 5. The second-order valence-corrected chi connectivity index (χ2v) is 6.07. The summed E-state index contributed by atoms with van der Waals surface area (Å²) in [5.74, 6) is 0.870. The zero-order chi connectivity index (χ0) is 19.1. The fourth-order valence-corrected chi connectivity index (χ4v) is 2.51. The zero-order valence-corrected chi connectivity index (χ0v) is 15.1. The van der Waals surface area contributed by atoms with Crippen LogP contribution in [0.25, 0.3) is 6.08 Å². The van der Waals surface area contributed by atoms with E-state index in [0.717, 1.165) is 11.1 Å². The second kappa shape index (κ2) is 8.84. The summed E-state index contributed by atoms with van der Waals surface area (Å²) in [4.78, 5) is 29.5. The van der Waals surface area contributed by atoms with Crippen LogP contribution in [0.2, 0.25) is 0 Å². The van der Waals surface area contributed by atoms with Crippen molar-refractivity contribution in [2.45, 2.75) is 6.54 Å². The van der Waals surface area contributed by atoms with Crippen LogP contribution in [0.1, 0.15) is 11.1 Å². The van der Waals surface area contributed by atoms with Crippen LogP contribution in [-0.2, 0) is 16.1 Å². The molecule has 7 heteroatoms. The minimum absolute atomic E-state index is 0.0232. The third-order valence-corrected chi connectivity index (χ3v) is 3.95. The first-order valence-electron chi connectivity index (χ1n) is 8.60. The van der Waals surface area contributed by atoms with Crippen molar-refractivity contribution >= 4 is 17.9 Å². The number of nitrogens with one attached hydrogen (secondary N) is 1. The van der Waals surface area contributed by atoms with Crippen LogP contribution >= 0.6 is 0 Å². The topological polar surface area (TPSA) is 80.8 Å². The van der Waals surface area contributed by atoms with E-state index < -0.39 is 0 Å². The van der Waals surface area contributed by atoms with Gasteiger partial charge in [-0.2, -0.15) is 0 Å². The lowest BCUT2D eigenvalue weighted by atomic mass is 10.2. The summed E-state index contributed by atoms with van der Waals surface area (Å²) in [5.41, 5.74) is 1.72. The van der Waals surface area contributed by atoms with E-state index in [4.69, 9.17) is 9.47 Å². The lowest BCUT2D eigenvalue weighted by Gasteiger charge is -2.18. The third kappa shape index (κ3) is 5.31. The SMILES string of the molecule is CN(CC(=O)NCc1cccnc1)C(=O)/C=C/c1ccc2c(c1)OCCO2. The fraction of sp³-hybridized carbons (Fsp3) is 0.250. The highest BCUT2D eigenvalue weighted by Crippen LogP contribution is 2.31. The van der Waals surface area contributed by atoms with E-state index in [1.807, 2.05) is 24.3 Å². The molecule has 0 aliphatic carbocycles. The van der Waals surface area contributed by atoms with Gasteiger partial charge < -0.3 is 19.7 Å². The van der Waals surface area contributed by atoms with Crippen LogP contribution in [-0.4, -0.2) is 48.5 Å². The number of ether oxygens (including phenoxy) is 2. The molecule has 0 saturated heterocycles. The summed E-state index contributed by atoms with van der Waals surface area (Å²) in [5, 5.41) is 2.77. The first kappa shape index (κ1) is 18.4. The van der Waals surface area contributed by atoms with E-state index in [2.05, 4.69) is 10.3 Å². The largest absolute Gasteiger partial charge is 0.486 e. The minimum atomic E-state index is -0.263. The molecule has 1 aromatic heterocycles. The lowest BCUT2D eigenvalue weighted by Crippen LogP contribution is -2.37. The molecule has 0 unspecified atom stereocenters. The normalized spacial score (nSPS) is 12.6. The van der Waals surface area contributed by atoms with E-state index in [0.29, 0.717) is 31.3 Å². The lowest BCUT2D eigenvalue weighted by molar-refractivity contribution is -0.131. The van der Waals surface area contributed by atoms with Gasteiger partial charge >= 0.3 is 0 Å². The summed E-state index contributed by atoms with van der Waals surface area (Å²) in [6.07, 6.45) is 6.47. The molecule has 2 amide bonds. The molecule has 7 nitrogen and oxygen atoms in total. The quantitative estimate of drug-likeness (QED) is 0.785. The number of benzene rings is 1. The third-order valence-electron chi connectivity index (χ3n) is 3.95. The first-order valence-corrected chi connectivity index (χ1v) is 8.60. The van der Waals surface area contributed by atoms with Crippen LogP contribution in [0.3, 0.4) is 0 Å². The molecule has 2 heterocycles. The highest BCUT2D eigenvalue weighted by atomic mass is 16.6. The Kier molecular flexibility index (Phi) is 6.04. The van der Waals surface area contributed by atoms with E-state index in [1.165, 1.54) is 11.0 Å². The number of rotatable bonds is 6. The van der Waals surface area contributed by atoms with Crippen molar-refractivity contribution in [3.8, 4) is 11.5 Å². The predicted octanol–water partition coefficient (Wildman–Crippen LogP) is 1.64. The number of nitrogens with zero attached hydrogens (tertiary/aromatic N) is 2. The van der Waals surface area contributed by atoms with Crippen molar-refractivity contribution in [3.05, 3.63) is 59.9 Å². The number of carbonyl (C=O) groups is 2. The molecular formula is C20H21N3O4. The molecule has 140 valence electrons. The molecule has 27 heavy (non-hydrogen) atoms. The maximum absolute atomic E-state index is 12.2. The molecule has 0 spiro atoms. The van der Waals surface area contributed by atoms with E-state index in [1.54, 1.807) is 31.6 Å². The zero-order valence-electron chi connectivity index (χ0n) is 15.1. The highest BCUT2D eigenvalue weighted by Gasteiger charge is 2.12. The number of fused-ring (bicyclic) bond motifs is 1. The number of carbonyl (C=O) groups excluding carboxylic acids is 2. The molecule has 0 atom stereocenters. The monoisotopic (exact) mass is 367 g/mol. The standard InChI is InChI=1S/C20H21N3O4/c1-23(14-19(24)22-13-16-3-2-8-21-12-16)20(25)7-5-15-4-6-17-18(11-15)27-10-9-26-17/h2-8,11-12H,9-10,13-14H2,1H3,(H,22,24)/b7-5+. The van der Waals surface area contributed by atoms with Crippen LogP contribution < -0.4 is 14.8 Å². The molecule has 0 bridgehead atoms. The smallest absolute Gasteiger partial charge is 0.246 e. The molecule has 1 N–H and O–H groups in total. The average Bonchev–Trinajstić information content (AvgIpc) is 2.71. The highest BCUT2D eigenvalue weighted by molar-refractivity contribution is 5.94. The predicted molar refractivity (Wildman–Crippen MR) is 100 cm³/mol. The molecule has 1 aliphatic heterocycles. The Balaban J connectivity index is 1.49. The summed E-state index contributed by atoms with van der Waals surface area (Å²) in [6.45, 7) is 1.40. The first-order chi connectivity index (χ1) is 13.1. The van der Waals surface area contributed by atoms with Gasteiger partial charge in [-0.15, -0.1) is 0 Å². The Morgan fingerprint density at radius 2 is 2.04 bits per heavy atom. The summed E-state index contributed by atoms with van der Waals surface area (Å²) >= 11 is 0. The van der Waals surface area contributed by atoms with Gasteiger partial charge in [0.1, 0.15) is 13.2 Å². The number of hydrogen-bond donors (Lipinski definition) is 1. The Morgan fingerprint density at radius 3 is 2.81 bits per heavy atom. The van der Waals surface area contributed by atoms with Gasteiger partial charge in [0.25, 0.3) is 0 Å². The van der Waals surface area contributed by atoms with Crippen LogP contribution in [0.15, 0.2) is 48.8 Å². The Morgan fingerprint density at radius 1 is 1.22 bits per heavy atom. The molecule has 1 aliphatic rings. The van der Waals surface area contributed by atoms with Gasteiger partial charge in [-0.25, -0.2) is 0 Å². The number of pyridine rings is 1. The average molecular weight is 367 g/mol. The van der Waals surface area contributed by atoms with Crippen molar-refractivity contribution in [3.63, 3.8) is 0 Å². The van der Waals surface area contributed by atoms with Crippen molar-refractivity contribution in [1.82, 2.24) is 15.2 Å². The maximum Gasteiger partial charge on any atom is 0.246 e. The van der Waals surface area contributed by atoms with E-state index >= 15 is 0 Å². The molecular weight excluding hydrogens is 346 g/mol. The molecule has 3 rings (SSSR count). The Labute approximate surface area is 157 Å². The van der Waals surface area contributed by atoms with Crippen molar-refractivity contribution in [1.29, 1.82) is 0 Å². The second-order valence-electron chi connectivity index (χ2n) is 6.07. The van der Waals surface area contributed by atoms with Gasteiger partial charge in [0, 0.05) is 32.1 Å². The van der Waals surface area contributed by atoms with E-state index in [9.17, 15) is 9.59 Å². The van der Waals surface area contributed by atoms with Crippen molar-refractivity contribution in [2.75, 3.05) is 26.8 Å². The summed E-state index contributed by atoms with van der Waals surface area (Å²) < 4.78 is 11.0. The minimum Gasteiger partial charge on any atom is -0.486 e. The van der Waals surface area contributed by atoms with Crippen LogP contribution in [0.4, 0.5) is 0 Å². The van der Waals surface area contributed by atoms with Gasteiger partial charge in [-0.1, -0.05) is 12.1 Å². The van der Waals surface area contributed by atoms with Gasteiger partial charge in [0.05, 0.1) is 6.54 Å². The molecule has 1 aromatic carbocycles.